The summed E-state index contributed by atoms with van der Waals surface area (Å²) in [7, 11) is 0. The average molecular weight is 588 g/mol. The van der Waals surface area contributed by atoms with Crippen LogP contribution in [-0.2, 0) is 0 Å². The van der Waals surface area contributed by atoms with Gasteiger partial charge in [-0.1, -0.05) is 140 Å². The van der Waals surface area contributed by atoms with E-state index >= 15 is 0 Å². The van der Waals surface area contributed by atoms with Crippen LogP contribution >= 0.6 is 0 Å². The van der Waals surface area contributed by atoms with Gasteiger partial charge in [0.15, 0.2) is 5.82 Å². The minimum absolute atomic E-state index is 0.693. The van der Waals surface area contributed by atoms with Crippen molar-refractivity contribution in [3.8, 4) is 67.3 Å². The zero-order valence-corrected chi connectivity index (χ0v) is 25.1. The maximum Gasteiger partial charge on any atom is 0.160 e. The number of fused-ring (bicyclic) bond motifs is 1. The molecule has 3 heteroatoms. The third-order valence-electron chi connectivity index (χ3n) is 8.39. The Bertz CT molecular complexity index is 2170. The summed E-state index contributed by atoms with van der Waals surface area (Å²) in [6, 6.07) is 57.3. The van der Waals surface area contributed by atoms with Crippen LogP contribution in [0.3, 0.4) is 0 Å². The van der Waals surface area contributed by atoms with Gasteiger partial charge in [0.2, 0.25) is 0 Å². The lowest BCUT2D eigenvalue weighted by atomic mass is 9.99. The summed E-state index contributed by atoms with van der Waals surface area (Å²) in [5.74, 6) is 0.693. The molecule has 0 saturated heterocycles. The van der Waals surface area contributed by atoms with E-state index in [2.05, 4.69) is 157 Å². The van der Waals surface area contributed by atoms with E-state index in [1.165, 1.54) is 27.5 Å². The van der Waals surface area contributed by atoms with Crippen molar-refractivity contribution >= 4 is 10.8 Å². The molecule has 2 heterocycles. The topological polar surface area (TPSA) is 38.7 Å². The van der Waals surface area contributed by atoms with Gasteiger partial charge in [-0.05, 0) is 68.4 Å². The largest absolute Gasteiger partial charge is 0.264 e. The van der Waals surface area contributed by atoms with E-state index in [-0.39, 0.29) is 0 Å². The maximum absolute atomic E-state index is 5.13. The normalized spacial score (nSPS) is 11.0. The number of nitrogens with zero attached hydrogens (tertiary/aromatic N) is 3. The van der Waals surface area contributed by atoms with Crippen LogP contribution < -0.4 is 0 Å². The fourth-order valence-electron chi connectivity index (χ4n) is 5.91. The highest BCUT2D eigenvalue weighted by molar-refractivity contribution is 5.88. The summed E-state index contributed by atoms with van der Waals surface area (Å²) in [5.41, 5.74) is 11.7. The molecule has 0 aliphatic heterocycles. The molecule has 8 rings (SSSR count). The van der Waals surface area contributed by atoms with Gasteiger partial charge in [0.05, 0.1) is 11.4 Å². The second kappa shape index (κ2) is 12.1. The van der Waals surface area contributed by atoms with Crippen molar-refractivity contribution in [1.82, 2.24) is 15.0 Å². The first-order valence-corrected chi connectivity index (χ1v) is 15.4. The number of hydrogen-bond acceptors (Lipinski definition) is 3. The van der Waals surface area contributed by atoms with Crippen molar-refractivity contribution in [3.63, 3.8) is 0 Å². The van der Waals surface area contributed by atoms with Crippen molar-refractivity contribution in [1.29, 1.82) is 0 Å². The highest BCUT2D eigenvalue weighted by atomic mass is 14.9. The fourth-order valence-corrected chi connectivity index (χ4v) is 5.91. The SMILES string of the molecule is c1ccc(-c2ccc(-c3cc(-c4ccc(-c5cccnc5)cc4)nc(-c4cccc(-c5ccc6ccccc6c5)c4)n3)cc2)cc1. The molecule has 3 nitrogen and oxygen atoms in total. The average Bonchev–Trinajstić information content (AvgIpc) is 3.15. The maximum atomic E-state index is 5.13. The number of aromatic nitrogens is 3. The first kappa shape index (κ1) is 27.4. The molecule has 0 bridgehead atoms. The van der Waals surface area contributed by atoms with Crippen molar-refractivity contribution in [2.45, 2.75) is 0 Å². The van der Waals surface area contributed by atoms with Crippen LogP contribution in [0.5, 0.6) is 0 Å². The van der Waals surface area contributed by atoms with Gasteiger partial charge in [0.1, 0.15) is 0 Å². The molecule has 0 aliphatic carbocycles. The monoisotopic (exact) mass is 587 g/mol. The first-order valence-electron chi connectivity index (χ1n) is 15.4. The third kappa shape index (κ3) is 5.58. The molecule has 0 spiro atoms. The standard InChI is InChI=1S/C43H29N3/c1-2-8-30(9-3-1)32-15-20-34(21-16-32)41-28-42(35-22-17-33(18-23-35)40-14-7-25-44-29-40)46-43(45-41)39-13-6-12-37(27-39)38-24-19-31-10-4-5-11-36(31)26-38/h1-29H. The van der Waals surface area contributed by atoms with Gasteiger partial charge in [-0.15, -0.1) is 0 Å². The first-order chi connectivity index (χ1) is 22.8. The van der Waals surface area contributed by atoms with Gasteiger partial charge in [-0.3, -0.25) is 4.98 Å². The van der Waals surface area contributed by atoms with Crippen molar-refractivity contribution in [2.24, 2.45) is 0 Å². The van der Waals surface area contributed by atoms with E-state index in [9.17, 15) is 0 Å². The minimum Gasteiger partial charge on any atom is -0.264 e. The third-order valence-corrected chi connectivity index (χ3v) is 8.39. The zero-order valence-electron chi connectivity index (χ0n) is 25.1. The Hall–Kier alpha value is -6.19. The summed E-state index contributed by atoms with van der Waals surface area (Å²) in [4.78, 5) is 14.5. The summed E-state index contributed by atoms with van der Waals surface area (Å²) < 4.78 is 0. The van der Waals surface area contributed by atoms with Crippen molar-refractivity contribution < 1.29 is 0 Å². The van der Waals surface area contributed by atoms with Crippen LogP contribution in [-0.4, -0.2) is 15.0 Å². The quantitative estimate of drug-likeness (QED) is 0.194. The molecule has 0 radical (unpaired) electrons. The zero-order chi connectivity index (χ0) is 30.7. The molecule has 2 aromatic heterocycles. The smallest absolute Gasteiger partial charge is 0.160 e. The molecule has 0 N–H and O–H groups in total. The summed E-state index contributed by atoms with van der Waals surface area (Å²) in [6.07, 6.45) is 3.68. The van der Waals surface area contributed by atoms with Crippen molar-refractivity contribution in [3.05, 3.63) is 176 Å². The second-order valence-electron chi connectivity index (χ2n) is 11.4. The Morgan fingerprint density at radius 2 is 0.826 bits per heavy atom. The van der Waals surface area contributed by atoms with E-state index in [0.717, 1.165) is 44.8 Å². The lowest BCUT2D eigenvalue weighted by Gasteiger charge is -2.12. The van der Waals surface area contributed by atoms with Crippen LogP contribution in [0.1, 0.15) is 0 Å². The van der Waals surface area contributed by atoms with E-state index in [1.54, 1.807) is 6.20 Å². The van der Waals surface area contributed by atoms with Crippen LogP contribution in [0.2, 0.25) is 0 Å². The molecule has 8 aromatic rings. The van der Waals surface area contributed by atoms with Crippen LogP contribution in [0.25, 0.3) is 78.1 Å². The number of benzene rings is 6. The molecule has 6 aromatic carbocycles. The minimum atomic E-state index is 0.693. The second-order valence-corrected chi connectivity index (χ2v) is 11.4. The lowest BCUT2D eigenvalue weighted by Crippen LogP contribution is -1.96. The number of hydrogen-bond donors (Lipinski definition) is 0. The van der Waals surface area contributed by atoms with Gasteiger partial charge in [0, 0.05) is 29.1 Å². The van der Waals surface area contributed by atoms with Gasteiger partial charge in [-0.25, -0.2) is 9.97 Å². The number of rotatable bonds is 6. The molecular weight excluding hydrogens is 558 g/mol. The summed E-state index contributed by atoms with van der Waals surface area (Å²) in [6.45, 7) is 0. The van der Waals surface area contributed by atoms with Crippen molar-refractivity contribution in [2.75, 3.05) is 0 Å². The Kier molecular flexibility index (Phi) is 7.18. The van der Waals surface area contributed by atoms with Gasteiger partial charge < -0.3 is 0 Å². The summed E-state index contributed by atoms with van der Waals surface area (Å²) >= 11 is 0. The molecule has 0 unspecified atom stereocenters. The lowest BCUT2D eigenvalue weighted by molar-refractivity contribution is 1.18. The summed E-state index contributed by atoms with van der Waals surface area (Å²) in [5, 5.41) is 2.45. The van der Waals surface area contributed by atoms with Gasteiger partial charge in [0.25, 0.3) is 0 Å². The van der Waals surface area contributed by atoms with Gasteiger partial charge >= 0.3 is 0 Å². The predicted octanol–water partition coefficient (Wildman–Crippen LogP) is 11.0. The molecule has 46 heavy (non-hydrogen) atoms. The van der Waals surface area contributed by atoms with Crippen LogP contribution in [0.4, 0.5) is 0 Å². The van der Waals surface area contributed by atoms with Crippen LogP contribution in [0.15, 0.2) is 176 Å². The molecule has 0 saturated carbocycles. The Morgan fingerprint density at radius 3 is 1.52 bits per heavy atom. The molecular formula is C43H29N3. The van der Waals surface area contributed by atoms with E-state index in [1.807, 2.05) is 18.3 Å². The van der Waals surface area contributed by atoms with E-state index in [0.29, 0.717) is 5.82 Å². The van der Waals surface area contributed by atoms with E-state index < -0.39 is 0 Å². The highest BCUT2D eigenvalue weighted by Crippen LogP contribution is 2.32. The molecule has 216 valence electrons. The molecule has 0 aliphatic rings. The van der Waals surface area contributed by atoms with Crippen LogP contribution in [0, 0.1) is 0 Å². The molecule has 0 fully saturated rings. The van der Waals surface area contributed by atoms with E-state index in [4.69, 9.17) is 9.97 Å². The highest BCUT2D eigenvalue weighted by Gasteiger charge is 2.13. The Morgan fingerprint density at radius 1 is 0.304 bits per heavy atom. The Balaban J connectivity index is 1.22. The molecule has 0 atom stereocenters. The van der Waals surface area contributed by atoms with Gasteiger partial charge in [-0.2, -0.15) is 0 Å². The molecule has 0 amide bonds. The predicted molar refractivity (Wildman–Crippen MR) is 190 cm³/mol. The Labute approximate surface area is 268 Å². The fraction of sp³-hybridized carbons (Fsp3) is 0. The number of pyridine rings is 1.